The summed E-state index contributed by atoms with van der Waals surface area (Å²) in [5.74, 6) is -0.657. The van der Waals surface area contributed by atoms with Crippen LogP contribution in [0.3, 0.4) is 0 Å². The van der Waals surface area contributed by atoms with Crippen molar-refractivity contribution in [1.82, 2.24) is 5.32 Å². The van der Waals surface area contributed by atoms with Crippen molar-refractivity contribution in [1.29, 1.82) is 0 Å². The average molecular weight is 336 g/mol. The zero-order valence-electron chi connectivity index (χ0n) is 9.04. The number of Topliss-reactive ketones (excluding diaryl/α,β-unsaturated/α-hetero) is 1. The second-order valence-corrected chi connectivity index (χ2v) is 4.64. The Morgan fingerprint density at radius 3 is 2.75 bits per heavy atom. The van der Waals surface area contributed by atoms with Crippen molar-refractivity contribution < 1.29 is 14.3 Å². The van der Waals surface area contributed by atoms with Crippen LogP contribution in [0, 0.1) is 0 Å². The molecule has 1 heterocycles. The first-order valence-electron chi connectivity index (χ1n) is 4.67. The molecule has 0 spiro atoms. The van der Waals surface area contributed by atoms with Crippen LogP contribution in [-0.4, -0.2) is 24.5 Å². The van der Waals surface area contributed by atoms with E-state index in [-0.39, 0.29) is 12.4 Å². The van der Waals surface area contributed by atoms with Crippen molar-refractivity contribution in [3.63, 3.8) is 0 Å². The van der Waals surface area contributed by atoms with Crippen LogP contribution in [0.4, 0.5) is 0 Å². The third kappa shape index (κ3) is 3.31. The van der Waals surface area contributed by atoms with E-state index in [2.05, 4.69) is 27.9 Å². The third-order valence-corrected chi connectivity index (χ3v) is 3.13. The zero-order chi connectivity index (χ0) is 12.3. The van der Waals surface area contributed by atoms with Crippen LogP contribution in [0.2, 0.25) is 0 Å². The van der Waals surface area contributed by atoms with Crippen LogP contribution < -0.4 is 11.1 Å². The number of halogens is 1. The van der Waals surface area contributed by atoms with Crippen molar-refractivity contribution in [2.24, 2.45) is 5.73 Å². The smallest absolute Gasteiger partial charge is 0.249 e. The summed E-state index contributed by atoms with van der Waals surface area (Å²) in [6, 6.07) is 0. The summed E-state index contributed by atoms with van der Waals surface area (Å²) in [4.78, 5) is 22.0. The van der Waals surface area contributed by atoms with Crippen molar-refractivity contribution in [3.05, 3.63) is 20.9 Å². The molecule has 1 aliphatic heterocycles. The van der Waals surface area contributed by atoms with Crippen LogP contribution in [-0.2, 0) is 14.3 Å². The van der Waals surface area contributed by atoms with E-state index in [1.165, 1.54) is 6.92 Å². The van der Waals surface area contributed by atoms with E-state index in [0.29, 0.717) is 5.57 Å². The predicted octanol–water partition coefficient (Wildman–Crippen LogP) is 0.600. The first-order valence-corrected chi connectivity index (χ1v) is 5.75. The van der Waals surface area contributed by atoms with Gasteiger partial charge in [0.25, 0.3) is 0 Å². The molecule has 0 radical (unpaired) electrons. The van der Waals surface area contributed by atoms with E-state index in [4.69, 9.17) is 10.5 Å². The SMILES string of the molecule is CC(=O)CO[C@H]1NC(C)=C(I)C=C1C(N)=O. The number of allylic oxidation sites excluding steroid dienone is 3. The van der Waals surface area contributed by atoms with Crippen LogP contribution in [0.5, 0.6) is 0 Å². The van der Waals surface area contributed by atoms with Gasteiger partial charge in [-0.3, -0.25) is 9.59 Å². The molecule has 1 aliphatic rings. The molecule has 0 bridgehead atoms. The number of carbonyl (C=O) groups is 2. The molecule has 0 saturated heterocycles. The van der Waals surface area contributed by atoms with Crippen LogP contribution in [0.1, 0.15) is 13.8 Å². The van der Waals surface area contributed by atoms with Gasteiger partial charge in [0.05, 0.1) is 5.57 Å². The standard InChI is InChI=1S/C10H13IN2O3/c1-5(14)4-16-10-7(9(12)15)3-8(11)6(2)13-10/h3,10,13H,4H2,1-2H3,(H2,12,15)/t10-/m1/s1. The lowest BCUT2D eigenvalue weighted by atomic mass is 10.1. The number of dihydropyridines is 1. The number of rotatable bonds is 4. The first-order chi connectivity index (χ1) is 7.41. The summed E-state index contributed by atoms with van der Waals surface area (Å²) in [6.45, 7) is 3.23. The fourth-order valence-corrected chi connectivity index (χ4v) is 1.69. The zero-order valence-corrected chi connectivity index (χ0v) is 11.2. The Labute approximate surface area is 107 Å². The van der Waals surface area contributed by atoms with Gasteiger partial charge in [0.15, 0.2) is 12.0 Å². The van der Waals surface area contributed by atoms with Crippen molar-refractivity contribution in [2.45, 2.75) is 20.1 Å². The Hall–Kier alpha value is -0.890. The molecule has 16 heavy (non-hydrogen) atoms. The second-order valence-electron chi connectivity index (χ2n) is 3.47. The molecule has 0 aromatic heterocycles. The fourth-order valence-electron chi connectivity index (χ4n) is 1.20. The van der Waals surface area contributed by atoms with Gasteiger partial charge in [-0.2, -0.15) is 0 Å². The van der Waals surface area contributed by atoms with E-state index in [1.54, 1.807) is 6.08 Å². The van der Waals surface area contributed by atoms with E-state index in [0.717, 1.165) is 9.28 Å². The van der Waals surface area contributed by atoms with Crippen LogP contribution in [0.25, 0.3) is 0 Å². The van der Waals surface area contributed by atoms with E-state index in [1.807, 2.05) is 6.92 Å². The minimum absolute atomic E-state index is 0.0495. The average Bonchev–Trinajstić information content (AvgIpc) is 2.18. The summed E-state index contributed by atoms with van der Waals surface area (Å²) in [5, 5.41) is 2.98. The highest BCUT2D eigenvalue weighted by molar-refractivity contribution is 14.1. The normalized spacial score (nSPS) is 20.2. The highest BCUT2D eigenvalue weighted by Crippen LogP contribution is 2.22. The lowest BCUT2D eigenvalue weighted by Crippen LogP contribution is -2.40. The van der Waals surface area contributed by atoms with Crippen LogP contribution >= 0.6 is 22.6 Å². The highest BCUT2D eigenvalue weighted by Gasteiger charge is 2.24. The maximum Gasteiger partial charge on any atom is 0.249 e. The van der Waals surface area contributed by atoms with Crippen molar-refractivity contribution in [2.75, 3.05) is 6.61 Å². The van der Waals surface area contributed by atoms with E-state index >= 15 is 0 Å². The summed E-state index contributed by atoms with van der Waals surface area (Å²) >= 11 is 2.09. The number of carbonyl (C=O) groups excluding carboxylic acids is 2. The third-order valence-electron chi connectivity index (χ3n) is 2.01. The van der Waals surface area contributed by atoms with Crippen molar-refractivity contribution >= 4 is 34.3 Å². The maximum atomic E-state index is 11.2. The van der Waals surface area contributed by atoms with Gasteiger partial charge in [0.2, 0.25) is 5.91 Å². The topological polar surface area (TPSA) is 81.4 Å². The second kappa shape index (κ2) is 5.44. The van der Waals surface area contributed by atoms with E-state index in [9.17, 15) is 9.59 Å². The van der Waals surface area contributed by atoms with Gasteiger partial charge in [0, 0.05) is 9.28 Å². The molecule has 0 fully saturated rings. The quantitative estimate of drug-likeness (QED) is 0.737. The molecular formula is C10H13IN2O3. The number of ether oxygens (including phenoxy) is 1. The molecule has 1 amide bonds. The molecule has 1 rings (SSSR count). The number of nitrogens with one attached hydrogen (secondary N) is 1. The van der Waals surface area contributed by atoms with Gasteiger partial charge in [0.1, 0.15) is 6.61 Å². The molecule has 88 valence electrons. The molecule has 0 unspecified atom stereocenters. The number of ketones is 1. The Kier molecular flexibility index (Phi) is 4.48. The van der Waals surface area contributed by atoms with Crippen molar-refractivity contribution in [3.8, 4) is 0 Å². The highest BCUT2D eigenvalue weighted by atomic mass is 127. The predicted molar refractivity (Wildman–Crippen MR) is 67.6 cm³/mol. The molecular weight excluding hydrogens is 323 g/mol. The van der Waals surface area contributed by atoms with Gasteiger partial charge in [-0.15, -0.1) is 0 Å². The Balaban J connectivity index is 2.83. The summed E-state index contributed by atoms with van der Waals surface area (Å²) in [6.07, 6.45) is 1.03. The molecule has 0 aromatic carbocycles. The van der Waals surface area contributed by atoms with Gasteiger partial charge >= 0.3 is 0 Å². The fraction of sp³-hybridized carbons (Fsp3) is 0.400. The maximum absolute atomic E-state index is 11.2. The molecule has 0 aromatic rings. The number of hydrogen-bond donors (Lipinski definition) is 2. The number of primary amides is 1. The summed E-state index contributed by atoms with van der Waals surface area (Å²) in [5.41, 5.74) is 6.45. The Morgan fingerprint density at radius 2 is 2.25 bits per heavy atom. The van der Waals surface area contributed by atoms with Crippen LogP contribution in [0.15, 0.2) is 20.9 Å². The Morgan fingerprint density at radius 1 is 1.62 bits per heavy atom. The molecule has 3 N–H and O–H groups in total. The summed E-state index contributed by atoms with van der Waals surface area (Å²) in [7, 11) is 0. The van der Waals surface area contributed by atoms with Gasteiger partial charge in [-0.25, -0.2) is 0 Å². The lowest BCUT2D eigenvalue weighted by Gasteiger charge is -2.25. The number of amides is 1. The Bertz CT molecular complexity index is 388. The van der Waals surface area contributed by atoms with Gasteiger partial charge in [-0.05, 0) is 42.5 Å². The van der Waals surface area contributed by atoms with Gasteiger partial charge < -0.3 is 15.8 Å². The molecule has 6 heteroatoms. The monoisotopic (exact) mass is 336 g/mol. The summed E-state index contributed by atoms with van der Waals surface area (Å²) < 4.78 is 6.17. The molecule has 0 aliphatic carbocycles. The van der Waals surface area contributed by atoms with E-state index < -0.39 is 12.1 Å². The molecule has 5 nitrogen and oxygen atoms in total. The lowest BCUT2D eigenvalue weighted by molar-refractivity contribution is -0.125. The first kappa shape index (κ1) is 13.2. The molecule has 1 atom stereocenters. The molecule has 0 saturated carbocycles. The largest absolute Gasteiger partial charge is 0.366 e. The minimum atomic E-state index is -0.639. The minimum Gasteiger partial charge on any atom is -0.366 e. The number of nitrogens with two attached hydrogens (primary N) is 1. The van der Waals surface area contributed by atoms with Gasteiger partial charge in [-0.1, -0.05) is 0 Å². The number of hydrogen-bond acceptors (Lipinski definition) is 4.